The highest BCUT2D eigenvalue weighted by atomic mass is 16.6. The van der Waals surface area contributed by atoms with E-state index in [0.29, 0.717) is 6.54 Å². The Morgan fingerprint density at radius 3 is 2.12 bits per heavy atom. The molecule has 1 aromatic rings. The summed E-state index contributed by atoms with van der Waals surface area (Å²) in [5.74, 6) is 0.835. The Morgan fingerprint density at radius 1 is 1.12 bits per heavy atom. The predicted octanol–water partition coefficient (Wildman–Crippen LogP) is 2.73. The highest BCUT2D eigenvalue weighted by Crippen LogP contribution is 2.15. The van der Waals surface area contributed by atoms with Gasteiger partial charge < -0.3 is 19.9 Å². The molecule has 1 aromatic carbocycles. The van der Waals surface area contributed by atoms with Gasteiger partial charge in [-0.25, -0.2) is 4.79 Å². The maximum atomic E-state index is 12.2. The molecule has 0 saturated carbocycles. The molecule has 0 spiro atoms. The first-order valence-electron chi connectivity index (χ1n) is 8.03. The van der Waals surface area contributed by atoms with Crippen LogP contribution in [0.3, 0.4) is 0 Å². The zero-order valence-corrected chi connectivity index (χ0v) is 15.8. The summed E-state index contributed by atoms with van der Waals surface area (Å²) >= 11 is 0. The molecule has 6 heteroatoms. The quantitative estimate of drug-likeness (QED) is 0.679. The lowest BCUT2D eigenvalue weighted by Gasteiger charge is -2.25. The SMILES string of the molecule is CN(C)C(=NCC(NC(=O)OC(C)(C)C)c1ccccc1)N(C)C. The fraction of sp³-hybridized carbons (Fsp3) is 0.556. The molecule has 1 N–H and O–H groups in total. The van der Waals surface area contributed by atoms with Crippen LogP contribution in [-0.4, -0.2) is 62.2 Å². The number of amides is 1. The lowest BCUT2D eigenvalue weighted by molar-refractivity contribution is 0.0505. The van der Waals surface area contributed by atoms with Crippen LogP contribution in [0.4, 0.5) is 4.79 Å². The fourth-order valence-electron chi connectivity index (χ4n) is 2.23. The first-order valence-corrected chi connectivity index (χ1v) is 8.03. The molecular formula is C18H30N4O2. The van der Waals surface area contributed by atoms with E-state index in [9.17, 15) is 4.79 Å². The number of aliphatic imine (C=N–C) groups is 1. The van der Waals surface area contributed by atoms with Crippen molar-refractivity contribution in [2.24, 2.45) is 4.99 Å². The van der Waals surface area contributed by atoms with Gasteiger partial charge in [-0.1, -0.05) is 30.3 Å². The number of carbonyl (C=O) groups is 1. The van der Waals surface area contributed by atoms with Crippen LogP contribution in [0.1, 0.15) is 32.4 Å². The smallest absolute Gasteiger partial charge is 0.408 e. The van der Waals surface area contributed by atoms with Gasteiger partial charge in [0.1, 0.15) is 5.60 Å². The third kappa shape index (κ3) is 6.89. The first kappa shape index (κ1) is 19.8. The number of nitrogens with one attached hydrogen (secondary N) is 1. The number of guanidine groups is 1. The third-order valence-electron chi connectivity index (χ3n) is 3.11. The first-order chi connectivity index (χ1) is 11.1. The molecule has 24 heavy (non-hydrogen) atoms. The van der Waals surface area contributed by atoms with Gasteiger partial charge in [-0.05, 0) is 26.3 Å². The van der Waals surface area contributed by atoms with Crippen LogP contribution in [0, 0.1) is 0 Å². The molecule has 0 aliphatic carbocycles. The Bertz CT molecular complexity index is 538. The number of alkyl carbamates (subject to hydrolysis) is 1. The van der Waals surface area contributed by atoms with E-state index in [1.54, 1.807) is 0 Å². The van der Waals surface area contributed by atoms with Gasteiger partial charge >= 0.3 is 6.09 Å². The highest BCUT2D eigenvalue weighted by molar-refractivity contribution is 5.79. The molecule has 0 radical (unpaired) electrons. The zero-order valence-electron chi connectivity index (χ0n) is 15.8. The van der Waals surface area contributed by atoms with Crippen LogP contribution < -0.4 is 5.32 Å². The van der Waals surface area contributed by atoms with Crippen molar-refractivity contribution in [2.75, 3.05) is 34.7 Å². The topological polar surface area (TPSA) is 57.2 Å². The molecule has 0 aliphatic heterocycles. The molecular weight excluding hydrogens is 304 g/mol. The van der Waals surface area contributed by atoms with E-state index in [2.05, 4.69) is 10.3 Å². The van der Waals surface area contributed by atoms with E-state index < -0.39 is 11.7 Å². The summed E-state index contributed by atoms with van der Waals surface area (Å²) in [6.45, 7) is 5.96. The normalized spacial score (nSPS) is 12.1. The lowest BCUT2D eigenvalue weighted by atomic mass is 10.1. The summed E-state index contributed by atoms with van der Waals surface area (Å²) in [4.78, 5) is 20.7. The van der Waals surface area contributed by atoms with E-state index >= 15 is 0 Å². The molecule has 134 valence electrons. The summed E-state index contributed by atoms with van der Waals surface area (Å²) in [7, 11) is 7.77. The monoisotopic (exact) mass is 334 g/mol. The van der Waals surface area contributed by atoms with Gasteiger partial charge in [0.25, 0.3) is 0 Å². The Balaban J connectivity index is 2.95. The number of carbonyl (C=O) groups excluding carboxylic acids is 1. The molecule has 0 aliphatic rings. The predicted molar refractivity (Wildman–Crippen MR) is 98.2 cm³/mol. The summed E-state index contributed by atoms with van der Waals surface area (Å²) in [5.41, 5.74) is 0.455. The van der Waals surface area contributed by atoms with Crippen LogP contribution >= 0.6 is 0 Å². The average Bonchev–Trinajstić information content (AvgIpc) is 2.44. The van der Waals surface area contributed by atoms with E-state index in [0.717, 1.165) is 11.5 Å². The van der Waals surface area contributed by atoms with Crippen molar-refractivity contribution in [3.05, 3.63) is 35.9 Å². The second-order valence-corrected chi connectivity index (χ2v) is 7.04. The Hall–Kier alpha value is -2.24. The number of ether oxygens (including phenoxy) is 1. The molecule has 0 fully saturated rings. The van der Waals surface area contributed by atoms with E-state index in [1.807, 2.05) is 89.1 Å². The van der Waals surface area contributed by atoms with Gasteiger partial charge in [-0.15, -0.1) is 0 Å². The Morgan fingerprint density at radius 2 is 1.67 bits per heavy atom. The molecule has 1 amide bonds. The van der Waals surface area contributed by atoms with Gasteiger partial charge in [0, 0.05) is 28.2 Å². The third-order valence-corrected chi connectivity index (χ3v) is 3.11. The molecule has 0 saturated heterocycles. The molecule has 6 nitrogen and oxygen atoms in total. The molecule has 0 aromatic heterocycles. The van der Waals surface area contributed by atoms with Gasteiger partial charge in [0.05, 0.1) is 12.6 Å². The minimum atomic E-state index is -0.535. The number of hydrogen-bond acceptors (Lipinski definition) is 3. The van der Waals surface area contributed by atoms with Crippen LogP contribution in [0.5, 0.6) is 0 Å². The van der Waals surface area contributed by atoms with Crippen molar-refractivity contribution >= 4 is 12.1 Å². The summed E-state index contributed by atoms with van der Waals surface area (Å²) in [5, 5.41) is 2.92. The standard InChI is InChI=1S/C18H30N4O2/c1-18(2,3)24-17(23)20-15(14-11-9-8-10-12-14)13-19-16(21(4)5)22(6)7/h8-12,15H,13H2,1-7H3,(H,20,23). The van der Waals surface area contributed by atoms with E-state index in [1.165, 1.54) is 0 Å². The highest BCUT2D eigenvalue weighted by Gasteiger charge is 2.20. The van der Waals surface area contributed by atoms with E-state index in [4.69, 9.17) is 4.74 Å². The van der Waals surface area contributed by atoms with Gasteiger partial charge in [0.2, 0.25) is 0 Å². The van der Waals surface area contributed by atoms with E-state index in [-0.39, 0.29) is 6.04 Å². The second kappa shape index (κ2) is 8.57. The van der Waals surface area contributed by atoms with Crippen molar-refractivity contribution in [2.45, 2.75) is 32.4 Å². The van der Waals surface area contributed by atoms with Crippen molar-refractivity contribution < 1.29 is 9.53 Å². The number of nitrogens with zero attached hydrogens (tertiary/aromatic N) is 3. The van der Waals surface area contributed by atoms with Crippen LogP contribution in [0.15, 0.2) is 35.3 Å². The summed E-state index contributed by atoms with van der Waals surface area (Å²) in [6.07, 6.45) is -0.442. The second-order valence-electron chi connectivity index (χ2n) is 7.04. The van der Waals surface area contributed by atoms with Gasteiger partial charge in [-0.2, -0.15) is 0 Å². The number of rotatable bonds is 4. The lowest BCUT2D eigenvalue weighted by Crippen LogP contribution is -2.38. The fourth-order valence-corrected chi connectivity index (χ4v) is 2.23. The average molecular weight is 334 g/mol. The van der Waals surface area contributed by atoms with Gasteiger partial charge in [-0.3, -0.25) is 4.99 Å². The summed E-state index contributed by atoms with van der Waals surface area (Å²) < 4.78 is 5.37. The minimum absolute atomic E-state index is 0.254. The summed E-state index contributed by atoms with van der Waals surface area (Å²) in [6, 6.07) is 9.53. The molecule has 0 bridgehead atoms. The van der Waals surface area contributed by atoms with Crippen LogP contribution in [-0.2, 0) is 4.74 Å². The van der Waals surface area contributed by atoms with Crippen molar-refractivity contribution in [3.63, 3.8) is 0 Å². The Kier molecular flexibility index (Phi) is 7.07. The molecule has 0 heterocycles. The van der Waals surface area contributed by atoms with Crippen molar-refractivity contribution in [1.29, 1.82) is 0 Å². The molecule has 1 atom stereocenters. The van der Waals surface area contributed by atoms with Crippen molar-refractivity contribution in [1.82, 2.24) is 15.1 Å². The van der Waals surface area contributed by atoms with Crippen LogP contribution in [0.25, 0.3) is 0 Å². The largest absolute Gasteiger partial charge is 0.444 e. The maximum absolute atomic E-state index is 12.2. The molecule has 1 unspecified atom stereocenters. The Labute approximate surface area is 145 Å². The van der Waals surface area contributed by atoms with Crippen molar-refractivity contribution in [3.8, 4) is 0 Å². The number of hydrogen-bond donors (Lipinski definition) is 1. The number of benzene rings is 1. The van der Waals surface area contributed by atoms with Gasteiger partial charge in [0.15, 0.2) is 5.96 Å². The van der Waals surface area contributed by atoms with Crippen LogP contribution in [0.2, 0.25) is 0 Å². The minimum Gasteiger partial charge on any atom is -0.444 e. The maximum Gasteiger partial charge on any atom is 0.408 e. The zero-order chi connectivity index (χ0) is 18.3. The molecule has 1 rings (SSSR count).